The molecule has 0 aliphatic rings. The van der Waals surface area contributed by atoms with E-state index in [9.17, 15) is 14.4 Å². The van der Waals surface area contributed by atoms with Crippen molar-refractivity contribution < 1.29 is 14.4 Å². The minimum atomic E-state index is -0.599. The largest absolute Gasteiger partial charge is 0.321 e. The van der Waals surface area contributed by atoms with Crippen LogP contribution in [0.2, 0.25) is 0 Å². The predicted molar refractivity (Wildman–Crippen MR) is 210 cm³/mol. The molecule has 7 nitrogen and oxygen atoms in total. The monoisotopic (exact) mass is 722 g/mol. The summed E-state index contributed by atoms with van der Waals surface area (Å²) in [6.07, 6.45) is 1.69. The van der Waals surface area contributed by atoms with Gasteiger partial charge in [0.2, 0.25) is 5.91 Å². The Balaban J connectivity index is 1.13. The van der Waals surface area contributed by atoms with E-state index in [4.69, 9.17) is 0 Å². The van der Waals surface area contributed by atoms with Crippen molar-refractivity contribution in [3.05, 3.63) is 173 Å². The van der Waals surface area contributed by atoms with E-state index in [1.165, 1.54) is 23.1 Å². The van der Waals surface area contributed by atoms with Crippen LogP contribution < -0.4 is 16.0 Å². The Hall–Kier alpha value is -5.81. The molecule has 0 aliphatic carbocycles. The Labute approximate surface area is 307 Å². The van der Waals surface area contributed by atoms with Crippen molar-refractivity contribution in [3.8, 4) is 10.6 Å². The summed E-state index contributed by atoms with van der Waals surface area (Å²) < 4.78 is 0. The van der Waals surface area contributed by atoms with E-state index in [-0.39, 0.29) is 11.6 Å². The summed E-state index contributed by atoms with van der Waals surface area (Å²) in [6, 6.07) is 43.3. The van der Waals surface area contributed by atoms with Gasteiger partial charge in [0.25, 0.3) is 11.8 Å². The number of rotatable bonds is 11. The average molecular weight is 723 g/mol. The summed E-state index contributed by atoms with van der Waals surface area (Å²) in [4.78, 5) is 47.4. The molecule has 0 saturated heterocycles. The number of hydrogen-bond donors (Lipinski definition) is 3. The molecule has 7 aromatic rings. The first-order valence-corrected chi connectivity index (χ1v) is 18.6. The van der Waals surface area contributed by atoms with E-state index in [1.807, 2.05) is 120 Å². The molecule has 0 saturated carbocycles. The van der Waals surface area contributed by atoms with Crippen LogP contribution >= 0.6 is 34.4 Å². The number of thioether (sulfide) groups is 1. The Morgan fingerprint density at radius 3 is 2.27 bits per heavy atom. The first-order valence-electron chi connectivity index (χ1n) is 16.0. The second kappa shape index (κ2) is 15.8. The fraction of sp³-hybridized carbons (Fsp3) is 0.0244. The molecular weight excluding hydrogens is 693 g/mol. The highest BCUT2D eigenvalue weighted by molar-refractivity contribution is 8.00. The van der Waals surface area contributed by atoms with Crippen LogP contribution in [-0.2, 0) is 9.59 Å². The van der Waals surface area contributed by atoms with Crippen LogP contribution in [0, 0.1) is 0 Å². The maximum atomic E-state index is 13.9. The predicted octanol–water partition coefficient (Wildman–Crippen LogP) is 9.91. The number of amides is 3. The number of thiazole rings is 1. The van der Waals surface area contributed by atoms with Crippen LogP contribution in [0.25, 0.3) is 27.4 Å². The average Bonchev–Trinajstić information content (AvgIpc) is 3.88. The van der Waals surface area contributed by atoms with Gasteiger partial charge < -0.3 is 16.0 Å². The van der Waals surface area contributed by atoms with Gasteiger partial charge in [-0.3, -0.25) is 14.4 Å². The standard InChI is InChI=1S/C41H30N4O3S3/c46-38(29-15-5-2-6-16-29)43-34(24-30-18-9-17-27-12-7-8-21-33(27)30)39(47)42-31-19-10-20-32(25-31)51-37(28-13-3-1-4-14-28)40(48)45-41-44-35(26-50-41)36-22-11-23-49-36/h1-26,37H,(H,42,47)(H,43,46)(H,44,45,48)/b34-24+. The van der Waals surface area contributed by atoms with Gasteiger partial charge >= 0.3 is 0 Å². The lowest BCUT2D eigenvalue weighted by Crippen LogP contribution is -2.30. The van der Waals surface area contributed by atoms with Crippen LogP contribution in [-0.4, -0.2) is 22.7 Å². The van der Waals surface area contributed by atoms with Gasteiger partial charge in [-0.1, -0.05) is 103 Å². The molecule has 3 amide bonds. The highest BCUT2D eigenvalue weighted by Gasteiger charge is 2.24. The fourth-order valence-electron chi connectivity index (χ4n) is 5.40. The van der Waals surface area contributed by atoms with Crippen molar-refractivity contribution in [2.75, 3.05) is 10.6 Å². The van der Waals surface area contributed by atoms with Crippen LogP contribution in [0.15, 0.2) is 161 Å². The number of fused-ring (bicyclic) bond motifs is 1. The van der Waals surface area contributed by atoms with Gasteiger partial charge in [0.15, 0.2) is 5.13 Å². The topological polar surface area (TPSA) is 100 Å². The molecule has 1 unspecified atom stereocenters. The summed E-state index contributed by atoms with van der Waals surface area (Å²) in [5.41, 5.74) is 3.47. The Kier molecular flexibility index (Phi) is 10.4. The quantitative estimate of drug-likeness (QED) is 0.0912. The molecule has 10 heteroatoms. The number of anilines is 2. The van der Waals surface area contributed by atoms with Crippen molar-refractivity contribution in [2.24, 2.45) is 0 Å². The van der Waals surface area contributed by atoms with Crippen LogP contribution in [0.1, 0.15) is 26.7 Å². The SMILES string of the molecule is O=C(Nc1cccc(SC(C(=O)Nc2nc(-c3cccs3)cs2)c2ccccc2)c1)/C(=C\c1cccc2ccccc12)NC(=O)c1ccccc1. The molecular formula is C41H30N4O3S3. The van der Waals surface area contributed by atoms with E-state index in [2.05, 4.69) is 20.9 Å². The number of aromatic nitrogens is 1. The lowest BCUT2D eigenvalue weighted by atomic mass is 10.0. The summed E-state index contributed by atoms with van der Waals surface area (Å²) in [5, 5.41) is 14.6. The second-order valence-corrected chi connectivity index (χ2v) is 14.3. The van der Waals surface area contributed by atoms with E-state index in [0.717, 1.165) is 37.4 Å². The summed E-state index contributed by atoms with van der Waals surface area (Å²) in [6.45, 7) is 0. The molecule has 5 aromatic carbocycles. The number of hydrogen-bond acceptors (Lipinski definition) is 7. The van der Waals surface area contributed by atoms with Gasteiger partial charge in [-0.2, -0.15) is 0 Å². The third-order valence-electron chi connectivity index (χ3n) is 7.85. The smallest absolute Gasteiger partial charge is 0.272 e. The van der Waals surface area contributed by atoms with Gasteiger partial charge in [-0.25, -0.2) is 4.98 Å². The van der Waals surface area contributed by atoms with E-state index < -0.39 is 17.1 Å². The highest BCUT2D eigenvalue weighted by Crippen LogP contribution is 2.38. The van der Waals surface area contributed by atoms with Gasteiger partial charge in [0, 0.05) is 21.5 Å². The van der Waals surface area contributed by atoms with Crippen molar-refractivity contribution >= 4 is 79.8 Å². The van der Waals surface area contributed by atoms with E-state index in [0.29, 0.717) is 16.4 Å². The Morgan fingerprint density at radius 1 is 0.725 bits per heavy atom. The number of nitrogens with zero attached hydrogens (tertiary/aromatic N) is 1. The zero-order valence-electron chi connectivity index (χ0n) is 27.0. The number of benzene rings is 5. The molecule has 0 bridgehead atoms. The molecule has 51 heavy (non-hydrogen) atoms. The van der Waals surface area contributed by atoms with Crippen LogP contribution in [0.5, 0.6) is 0 Å². The van der Waals surface area contributed by atoms with Crippen LogP contribution in [0.3, 0.4) is 0 Å². The van der Waals surface area contributed by atoms with Gasteiger partial charge in [-0.15, -0.1) is 34.4 Å². The third kappa shape index (κ3) is 8.33. The second-order valence-electron chi connectivity index (χ2n) is 11.3. The summed E-state index contributed by atoms with van der Waals surface area (Å²) in [7, 11) is 0. The van der Waals surface area contributed by atoms with Crippen molar-refractivity contribution in [3.63, 3.8) is 0 Å². The molecule has 2 aromatic heterocycles. The summed E-state index contributed by atoms with van der Waals surface area (Å²) >= 11 is 4.34. The van der Waals surface area contributed by atoms with Gasteiger partial charge in [0.05, 0.1) is 10.6 Å². The lowest BCUT2D eigenvalue weighted by molar-refractivity contribution is -0.116. The van der Waals surface area contributed by atoms with Crippen LogP contribution in [0.4, 0.5) is 10.8 Å². The number of carbonyl (C=O) groups excluding carboxylic acids is 3. The molecule has 250 valence electrons. The van der Waals surface area contributed by atoms with Crippen molar-refractivity contribution in [2.45, 2.75) is 10.1 Å². The highest BCUT2D eigenvalue weighted by atomic mass is 32.2. The third-order valence-corrected chi connectivity index (χ3v) is 10.7. The first-order chi connectivity index (χ1) is 25.0. The summed E-state index contributed by atoms with van der Waals surface area (Å²) in [5.74, 6) is -1.10. The molecule has 0 fully saturated rings. The number of thiophene rings is 1. The maximum Gasteiger partial charge on any atom is 0.272 e. The van der Waals surface area contributed by atoms with E-state index >= 15 is 0 Å². The number of nitrogens with one attached hydrogen (secondary N) is 3. The molecule has 7 rings (SSSR count). The number of carbonyl (C=O) groups is 3. The Morgan fingerprint density at radius 2 is 1.47 bits per heavy atom. The molecule has 0 radical (unpaired) electrons. The molecule has 3 N–H and O–H groups in total. The molecule has 0 aliphatic heterocycles. The minimum Gasteiger partial charge on any atom is -0.321 e. The maximum absolute atomic E-state index is 13.9. The van der Waals surface area contributed by atoms with Crippen molar-refractivity contribution in [1.82, 2.24) is 10.3 Å². The van der Waals surface area contributed by atoms with Crippen molar-refractivity contribution in [1.29, 1.82) is 0 Å². The van der Waals surface area contributed by atoms with Gasteiger partial charge in [-0.05, 0) is 69.8 Å². The lowest BCUT2D eigenvalue weighted by Gasteiger charge is -2.17. The molecule has 2 heterocycles. The zero-order chi connectivity index (χ0) is 35.0. The molecule has 0 spiro atoms. The van der Waals surface area contributed by atoms with Gasteiger partial charge in [0.1, 0.15) is 10.9 Å². The minimum absolute atomic E-state index is 0.0881. The normalized spacial score (nSPS) is 11.9. The van der Waals surface area contributed by atoms with E-state index in [1.54, 1.807) is 47.7 Å². The molecule has 1 atom stereocenters. The Bertz CT molecular complexity index is 2330. The zero-order valence-corrected chi connectivity index (χ0v) is 29.4. The first kappa shape index (κ1) is 33.7. The fourth-order valence-corrected chi connectivity index (χ4v) is 7.95.